The Labute approximate surface area is 159 Å². The van der Waals surface area contributed by atoms with Crippen molar-refractivity contribution < 1.29 is 14.3 Å². The van der Waals surface area contributed by atoms with E-state index in [0.717, 1.165) is 10.6 Å². The van der Waals surface area contributed by atoms with E-state index in [4.69, 9.17) is 4.74 Å². The van der Waals surface area contributed by atoms with Crippen molar-refractivity contribution in [1.82, 2.24) is 9.88 Å². The van der Waals surface area contributed by atoms with Crippen LogP contribution in [0.3, 0.4) is 0 Å². The van der Waals surface area contributed by atoms with Crippen LogP contribution in [-0.2, 0) is 9.53 Å². The molecule has 0 aliphatic rings. The molecular formula is C20H26N2O3S. The van der Waals surface area contributed by atoms with Crippen molar-refractivity contribution in [2.75, 3.05) is 0 Å². The molecule has 0 bridgehead atoms. The van der Waals surface area contributed by atoms with Crippen molar-refractivity contribution in [1.29, 1.82) is 0 Å². The highest BCUT2D eigenvalue weighted by Gasteiger charge is 2.29. The first-order valence-electron chi connectivity index (χ1n) is 8.78. The van der Waals surface area contributed by atoms with Gasteiger partial charge in [0.25, 0.3) is 5.91 Å². The summed E-state index contributed by atoms with van der Waals surface area (Å²) >= 11 is 1.28. The second kappa shape index (κ2) is 8.45. The Morgan fingerprint density at radius 3 is 2.15 bits per heavy atom. The molecule has 6 heteroatoms. The van der Waals surface area contributed by atoms with E-state index in [1.807, 2.05) is 58.0 Å². The minimum absolute atomic E-state index is 0.0403. The van der Waals surface area contributed by atoms with Gasteiger partial charge in [0.05, 0.1) is 5.69 Å². The number of aryl methyl sites for hydroxylation is 1. The number of nitrogens with zero attached hydrogens (tertiary/aromatic N) is 2. The molecule has 1 heterocycles. The maximum Gasteiger partial charge on any atom is 0.351 e. The smallest absolute Gasteiger partial charge is 0.351 e. The zero-order chi connectivity index (χ0) is 19.4. The average molecular weight is 375 g/mol. The van der Waals surface area contributed by atoms with Crippen molar-refractivity contribution in [2.45, 2.75) is 59.7 Å². The Balaban J connectivity index is 2.15. The van der Waals surface area contributed by atoms with E-state index in [1.54, 1.807) is 18.7 Å². The van der Waals surface area contributed by atoms with Gasteiger partial charge in [-0.2, -0.15) is 0 Å². The highest BCUT2D eigenvalue weighted by atomic mass is 32.1. The summed E-state index contributed by atoms with van der Waals surface area (Å²) in [5.74, 6) is -0.690. The molecule has 2 aromatic rings. The molecule has 0 radical (unpaired) electrons. The lowest BCUT2D eigenvalue weighted by Crippen LogP contribution is -2.47. The third kappa shape index (κ3) is 4.49. The van der Waals surface area contributed by atoms with Gasteiger partial charge >= 0.3 is 5.97 Å². The van der Waals surface area contributed by atoms with Crippen molar-refractivity contribution >= 4 is 23.2 Å². The number of amides is 1. The van der Waals surface area contributed by atoms with Gasteiger partial charge in [0, 0.05) is 17.6 Å². The molecule has 0 aliphatic heterocycles. The first-order valence-corrected chi connectivity index (χ1v) is 9.60. The minimum atomic E-state index is -0.839. The van der Waals surface area contributed by atoms with Crippen LogP contribution in [0.2, 0.25) is 0 Å². The number of hydrogen-bond acceptors (Lipinski definition) is 5. The van der Waals surface area contributed by atoms with Gasteiger partial charge in [-0.05, 0) is 41.5 Å². The van der Waals surface area contributed by atoms with Gasteiger partial charge in [0.1, 0.15) is 9.88 Å². The maximum absolute atomic E-state index is 12.6. The zero-order valence-corrected chi connectivity index (χ0v) is 17.0. The molecule has 1 amide bonds. The van der Waals surface area contributed by atoms with Crippen LogP contribution in [0.5, 0.6) is 0 Å². The molecular weight excluding hydrogens is 348 g/mol. The monoisotopic (exact) mass is 374 g/mol. The van der Waals surface area contributed by atoms with E-state index >= 15 is 0 Å². The standard InChI is InChI=1S/C20H26N2O3S/c1-12(2)22(13(3)4)19(23)15(6)25-20(24)17-14(5)21-18(26-17)16-10-8-7-9-11-16/h7-13,15H,1-6H3. The largest absolute Gasteiger partial charge is 0.448 e. The Bertz CT molecular complexity index is 761. The first kappa shape index (κ1) is 20.1. The number of benzene rings is 1. The molecule has 0 spiro atoms. The number of carbonyl (C=O) groups is 2. The second-order valence-electron chi connectivity index (χ2n) is 6.78. The summed E-state index contributed by atoms with van der Waals surface area (Å²) in [7, 11) is 0. The lowest BCUT2D eigenvalue weighted by atomic mass is 10.2. The molecule has 26 heavy (non-hydrogen) atoms. The summed E-state index contributed by atoms with van der Waals surface area (Å²) in [5, 5.41) is 0.764. The third-order valence-corrected chi connectivity index (χ3v) is 5.19. The van der Waals surface area contributed by atoms with Gasteiger partial charge in [-0.1, -0.05) is 30.3 Å². The molecule has 1 aromatic heterocycles. The van der Waals surface area contributed by atoms with Crippen LogP contribution in [0.4, 0.5) is 0 Å². The predicted octanol–water partition coefficient (Wildman–Crippen LogP) is 4.31. The van der Waals surface area contributed by atoms with E-state index in [-0.39, 0.29) is 18.0 Å². The molecule has 1 atom stereocenters. The Hall–Kier alpha value is -2.21. The van der Waals surface area contributed by atoms with Crippen LogP contribution in [-0.4, -0.2) is 39.9 Å². The molecule has 140 valence electrons. The number of esters is 1. The predicted molar refractivity (Wildman–Crippen MR) is 104 cm³/mol. The number of rotatable bonds is 6. The van der Waals surface area contributed by atoms with Gasteiger partial charge in [-0.3, -0.25) is 4.79 Å². The fourth-order valence-electron chi connectivity index (χ4n) is 2.87. The second-order valence-corrected chi connectivity index (χ2v) is 7.78. The third-order valence-electron chi connectivity index (χ3n) is 4.00. The normalized spacial score (nSPS) is 12.3. The van der Waals surface area contributed by atoms with Crippen molar-refractivity contribution in [3.63, 3.8) is 0 Å². The van der Waals surface area contributed by atoms with Crippen LogP contribution in [0.25, 0.3) is 10.6 Å². The summed E-state index contributed by atoms with van der Waals surface area (Å²) in [6, 6.07) is 9.76. The number of aromatic nitrogens is 1. The molecule has 0 fully saturated rings. The summed E-state index contributed by atoms with van der Waals surface area (Å²) in [6.45, 7) is 11.2. The quantitative estimate of drug-likeness (QED) is 0.707. The zero-order valence-electron chi connectivity index (χ0n) is 16.1. The molecule has 1 aromatic carbocycles. The lowest BCUT2D eigenvalue weighted by molar-refractivity contribution is -0.143. The topological polar surface area (TPSA) is 59.5 Å². The van der Waals surface area contributed by atoms with E-state index in [9.17, 15) is 9.59 Å². The van der Waals surface area contributed by atoms with E-state index in [2.05, 4.69) is 4.98 Å². The van der Waals surface area contributed by atoms with Gasteiger partial charge < -0.3 is 9.64 Å². The van der Waals surface area contributed by atoms with Crippen molar-refractivity contribution in [3.05, 3.63) is 40.9 Å². The van der Waals surface area contributed by atoms with Crippen LogP contribution in [0, 0.1) is 6.92 Å². The number of hydrogen-bond donors (Lipinski definition) is 0. The van der Waals surface area contributed by atoms with Gasteiger partial charge in [-0.15, -0.1) is 11.3 Å². The van der Waals surface area contributed by atoms with Gasteiger partial charge in [0.15, 0.2) is 6.10 Å². The summed E-state index contributed by atoms with van der Waals surface area (Å²) in [4.78, 5) is 31.8. The summed E-state index contributed by atoms with van der Waals surface area (Å²) in [5.41, 5.74) is 1.57. The Morgan fingerprint density at radius 2 is 1.62 bits per heavy atom. The van der Waals surface area contributed by atoms with Gasteiger partial charge in [0.2, 0.25) is 0 Å². The minimum Gasteiger partial charge on any atom is -0.448 e. The van der Waals surface area contributed by atoms with Crippen LogP contribution in [0.15, 0.2) is 30.3 Å². The van der Waals surface area contributed by atoms with E-state index in [0.29, 0.717) is 10.6 Å². The molecule has 0 N–H and O–H groups in total. The SMILES string of the molecule is Cc1nc(-c2ccccc2)sc1C(=O)OC(C)C(=O)N(C(C)C)C(C)C. The lowest BCUT2D eigenvalue weighted by Gasteiger charge is -2.32. The molecule has 0 saturated carbocycles. The number of thiazole rings is 1. The van der Waals surface area contributed by atoms with E-state index < -0.39 is 12.1 Å². The first-order chi connectivity index (χ1) is 12.2. The van der Waals surface area contributed by atoms with Crippen molar-refractivity contribution in [3.8, 4) is 10.6 Å². The molecule has 2 rings (SSSR count). The fraction of sp³-hybridized carbons (Fsp3) is 0.450. The molecule has 1 unspecified atom stereocenters. The summed E-state index contributed by atoms with van der Waals surface area (Å²) < 4.78 is 5.45. The van der Waals surface area contributed by atoms with Crippen LogP contribution < -0.4 is 0 Å². The Kier molecular flexibility index (Phi) is 6.53. The van der Waals surface area contributed by atoms with Crippen molar-refractivity contribution in [2.24, 2.45) is 0 Å². The molecule has 0 saturated heterocycles. The fourth-order valence-corrected chi connectivity index (χ4v) is 3.82. The van der Waals surface area contributed by atoms with Crippen LogP contribution in [0.1, 0.15) is 50.0 Å². The maximum atomic E-state index is 12.6. The highest BCUT2D eigenvalue weighted by molar-refractivity contribution is 7.17. The molecule has 0 aliphatic carbocycles. The molecule has 5 nitrogen and oxygen atoms in total. The highest BCUT2D eigenvalue weighted by Crippen LogP contribution is 2.28. The van der Waals surface area contributed by atoms with Gasteiger partial charge in [-0.25, -0.2) is 9.78 Å². The Morgan fingerprint density at radius 1 is 1.04 bits per heavy atom. The number of carbonyl (C=O) groups excluding carboxylic acids is 2. The summed E-state index contributed by atoms with van der Waals surface area (Å²) in [6.07, 6.45) is -0.839. The van der Waals surface area contributed by atoms with E-state index in [1.165, 1.54) is 11.3 Å². The number of ether oxygens (including phenoxy) is 1. The average Bonchev–Trinajstić information content (AvgIpc) is 2.96. The van der Waals surface area contributed by atoms with Crippen LogP contribution >= 0.6 is 11.3 Å².